The molecule has 2 aliphatic heterocycles. The zero-order valence-electron chi connectivity index (χ0n) is 18.6. The Balaban J connectivity index is 1.77. The van der Waals surface area contributed by atoms with E-state index in [1.807, 2.05) is 0 Å². The zero-order chi connectivity index (χ0) is 24.3. The minimum atomic E-state index is -4.71. The van der Waals surface area contributed by atoms with E-state index in [-0.39, 0.29) is 22.7 Å². The maximum absolute atomic E-state index is 13.4. The van der Waals surface area contributed by atoms with E-state index < -0.39 is 33.2 Å². The molecule has 0 bridgehead atoms. The third-order valence-corrected chi connectivity index (χ3v) is 8.88. The normalized spacial score (nSPS) is 20.5. The number of nitrogens with zero attached hydrogens (tertiary/aromatic N) is 1. The number of alkyl halides is 3. The minimum absolute atomic E-state index is 0.0213. The number of halogens is 4. The van der Waals surface area contributed by atoms with E-state index in [1.165, 1.54) is 10.4 Å². The number of sulfonamides is 1. The number of carbonyl (C=O) groups excluding carboxylic acids is 1. The van der Waals surface area contributed by atoms with Gasteiger partial charge in [0.1, 0.15) is 0 Å². The van der Waals surface area contributed by atoms with Crippen LogP contribution in [0.25, 0.3) is 0 Å². The average molecular weight is 511 g/mol. The summed E-state index contributed by atoms with van der Waals surface area (Å²) < 4.78 is 71.8. The molecule has 6 nitrogen and oxygen atoms in total. The van der Waals surface area contributed by atoms with E-state index in [0.717, 1.165) is 31.4 Å². The van der Waals surface area contributed by atoms with Crippen LogP contribution < -0.4 is 5.32 Å². The Labute approximate surface area is 197 Å². The number of hydrogen-bond donors (Lipinski definition) is 1. The molecule has 2 aliphatic rings. The quantitative estimate of drug-likeness (QED) is 0.592. The van der Waals surface area contributed by atoms with Crippen LogP contribution in [0.5, 0.6) is 0 Å². The van der Waals surface area contributed by atoms with E-state index in [2.05, 4.69) is 5.32 Å². The summed E-state index contributed by atoms with van der Waals surface area (Å²) in [7, 11) is -3.32. The van der Waals surface area contributed by atoms with E-state index in [9.17, 15) is 26.4 Å². The lowest BCUT2D eigenvalue weighted by Crippen LogP contribution is -2.49. The van der Waals surface area contributed by atoms with E-state index in [1.54, 1.807) is 6.92 Å². The number of ether oxygens (including phenoxy) is 1. The first kappa shape index (κ1) is 26.2. The molecule has 1 amide bonds. The second-order valence-corrected chi connectivity index (χ2v) is 11.6. The maximum atomic E-state index is 13.4. The number of carbonyl (C=O) groups is 1. The van der Waals surface area contributed by atoms with Crippen LogP contribution in [0.1, 0.15) is 54.9 Å². The van der Waals surface area contributed by atoms with Crippen LogP contribution in [0.2, 0.25) is 5.02 Å². The highest BCUT2D eigenvalue weighted by molar-refractivity contribution is 7.89. The van der Waals surface area contributed by atoms with Gasteiger partial charge in [0.2, 0.25) is 10.0 Å². The van der Waals surface area contributed by atoms with Crippen molar-refractivity contribution in [3.63, 3.8) is 0 Å². The second kappa shape index (κ2) is 10.5. The molecule has 0 spiro atoms. The van der Waals surface area contributed by atoms with Gasteiger partial charge in [0.05, 0.1) is 16.9 Å². The second-order valence-electron chi connectivity index (χ2n) is 8.93. The Bertz CT molecular complexity index is 941. The van der Waals surface area contributed by atoms with Gasteiger partial charge in [0.25, 0.3) is 5.91 Å². The Morgan fingerprint density at radius 2 is 1.88 bits per heavy atom. The molecule has 186 valence electrons. The van der Waals surface area contributed by atoms with Crippen molar-refractivity contribution in [2.75, 3.05) is 38.6 Å². The zero-order valence-corrected chi connectivity index (χ0v) is 20.2. The molecule has 3 rings (SSSR count). The van der Waals surface area contributed by atoms with Gasteiger partial charge in [-0.25, -0.2) is 12.7 Å². The molecule has 2 heterocycles. The summed E-state index contributed by atoms with van der Waals surface area (Å²) in [6, 6.07) is 3.10. The van der Waals surface area contributed by atoms with Crippen LogP contribution in [0.4, 0.5) is 13.2 Å². The van der Waals surface area contributed by atoms with E-state index in [4.69, 9.17) is 16.3 Å². The highest BCUT2D eigenvalue weighted by Gasteiger charge is 2.40. The number of hydrogen-bond acceptors (Lipinski definition) is 4. The summed E-state index contributed by atoms with van der Waals surface area (Å²) in [6.45, 7) is 3.77. The molecule has 2 saturated heterocycles. The van der Waals surface area contributed by atoms with Gasteiger partial charge in [-0.1, -0.05) is 11.6 Å². The van der Waals surface area contributed by atoms with Gasteiger partial charge in [-0.15, -0.1) is 0 Å². The van der Waals surface area contributed by atoms with Gasteiger partial charge in [-0.2, -0.15) is 13.2 Å². The predicted octanol–water partition coefficient (Wildman–Crippen LogP) is 4.34. The summed E-state index contributed by atoms with van der Waals surface area (Å²) in [5.41, 5.74) is -1.93. The first-order valence-electron chi connectivity index (χ1n) is 11.2. The van der Waals surface area contributed by atoms with Gasteiger partial charge in [-0.3, -0.25) is 4.79 Å². The van der Waals surface area contributed by atoms with Gasteiger partial charge in [0, 0.05) is 37.9 Å². The summed E-state index contributed by atoms with van der Waals surface area (Å²) in [6.07, 6.45) is -1.11. The van der Waals surface area contributed by atoms with Crippen molar-refractivity contribution in [3.8, 4) is 0 Å². The molecule has 2 fully saturated rings. The Morgan fingerprint density at radius 1 is 1.24 bits per heavy atom. The lowest BCUT2D eigenvalue weighted by molar-refractivity contribution is -0.137. The van der Waals surface area contributed by atoms with Crippen LogP contribution in [0.15, 0.2) is 18.2 Å². The molecular weight excluding hydrogens is 481 g/mol. The fourth-order valence-electron chi connectivity index (χ4n) is 4.75. The Morgan fingerprint density at radius 3 is 2.45 bits per heavy atom. The average Bonchev–Trinajstić information content (AvgIpc) is 2.78. The standard InChI is InChI=1S/C22H30ClF3N2O4S/c1-2-33(30,31)28-9-7-21(8-10-28,14-16-5-11-32-12-6-16)15-27-20(29)18-4-3-17(23)13-19(18)22(24,25)26/h3-4,13,16H,2,5-12,14-15H2,1H3,(H,27,29). The number of rotatable bonds is 7. The van der Waals surface area contributed by atoms with Crippen LogP contribution in [-0.2, 0) is 20.9 Å². The van der Waals surface area contributed by atoms with E-state index in [0.29, 0.717) is 45.1 Å². The molecule has 0 unspecified atom stereocenters. The first-order valence-corrected chi connectivity index (χ1v) is 13.1. The van der Waals surface area contributed by atoms with Crippen molar-refractivity contribution in [2.45, 2.75) is 45.2 Å². The number of nitrogens with one attached hydrogen (secondary N) is 1. The molecule has 1 aromatic carbocycles. The molecule has 1 aromatic rings. The van der Waals surface area contributed by atoms with Crippen molar-refractivity contribution in [2.24, 2.45) is 11.3 Å². The summed E-state index contributed by atoms with van der Waals surface area (Å²) in [5.74, 6) is -0.423. The summed E-state index contributed by atoms with van der Waals surface area (Å²) >= 11 is 5.72. The van der Waals surface area contributed by atoms with Crippen molar-refractivity contribution in [1.29, 1.82) is 0 Å². The van der Waals surface area contributed by atoms with Crippen molar-refractivity contribution < 1.29 is 31.1 Å². The minimum Gasteiger partial charge on any atom is -0.381 e. The van der Waals surface area contributed by atoms with Gasteiger partial charge in [0.15, 0.2) is 0 Å². The smallest absolute Gasteiger partial charge is 0.381 e. The molecule has 0 radical (unpaired) electrons. The highest BCUT2D eigenvalue weighted by atomic mass is 35.5. The van der Waals surface area contributed by atoms with Crippen LogP contribution >= 0.6 is 11.6 Å². The largest absolute Gasteiger partial charge is 0.417 e. The molecule has 0 atom stereocenters. The fraction of sp³-hybridized carbons (Fsp3) is 0.682. The maximum Gasteiger partial charge on any atom is 0.417 e. The highest BCUT2D eigenvalue weighted by Crippen LogP contribution is 2.41. The first-order chi connectivity index (χ1) is 15.5. The lowest BCUT2D eigenvalue weighted by Gasteiger charge is -2.44. The Kier molecular flexibility index (Phi) is 8.35. The third-order valence-electron chi connectivity index (χ3n) is 6.76. The SMILES string of the molecule is CCS(=O)(=O)N1CCC(CNC(=O)c2ccc(Cl)cc2C(F)(F)F)(CC2CCOCC2)CC1. The lowest BCUT2D eigenvalue weighted by atomic mass is 9.71. The number of benzene rings is 1. The molecule has 0 aromatic heterocycles. The molecule has 1 N–H and O–H groups in total. The van der Waals surface area contributed by atoms with Crippen molar-refractivity contribution in [3.05, 3.63) is 34.3 Å². The fourth-order valence-corrected chi connectivity index (χ4v) is 6.03. The summed E-state index contributed by atoms with van der Waals surface area (Å²) in [4.78, 5) is 12.8. The van der Waals surface area contributed by atoms with Crippen LogP contribution in [-0.4, -0.2) is 57.2 Å². The summed E-state index contributed by atoms with van der Waals surface area (Å²) in [5, 5.41) is 2.62. The monoisotopic (exact) mass is 510 g/mol. The van der Waals surface area contributed by atoms with Gasteiger partial charge in [-0.05, 0) is 68.6 Å². The van der Waals surface area contributed by atoms with E-state index >= 15 is 0 Å². The molecular formula is C22H30ClF3N2O4S. The topological polar surface area (TPSA) is 75.7 Å². The van der Waals surface area contributed by atoms with Crippen molar-refractivity contribution >= 4 is 27.5 Å². The third kappa shape index (κ3) is 6.61. The van der Waals surface area contributed by atoms with Crippen LogP contribution in [0.3, 0.4) is 0 Å². The molecule has 33 heavy (non-hydrogen) atoms. The predicted molar refractivity (Wildman–Crippen MR) is 120 cm³/mol. The van der Waals surface area contributed by atoms with Crippen LogP contribution in [0, 0.1) is 11.3 Å². The molecule has 11 heteroatoms. The molecule has 0 aliphatic carbocycles. The molecule has 0 saturated carbocycles. The number of amides is 1. The van der Waals surface area contributed by atoms with Crippen molar-refractivity contribution in [1.82, 2.24) is 9.62 Å². The van der Waals surface area contributed by atoms with Gasteiger partial charge < -0.3 is 10.1 Å². The number of piperidine rings is 1. The van der Waals surface area contributed by atoms with Gasteiger partial charge >= 0.3 is 6.18 Å². The Hall–Kier alpha value is -1.36.